The molecule has 3 rings (SSSR count). The molecule has 1 aromatic heterocycles. The van der Waals surface area contributed by atoms with E-state index in [1.165, 1.54) is 0 Å². The van der Waals surface area contributed by atoms with Gasteiger partial charge in [0.05, 0.1) is 12.2 Å². The Morgan fingerprint density at radius 1 is 1.56 bits per heavy atom. The lowest BCUT2D eigenvalue weighted by Crippen LogP contribution is -2.43. The number of hydrogen-bond donors (Lipinski definition) is 1. The first-order valence-electron chi connectivity index (χ1n) is 6.73. The van der Waals surface area contributed by atoms with Gasteiger partial charge in [-0.05, 0) is 19.3 Å². The third kappa shape index (κ3) is 2.12. The number of carbonyl (C=O) groups is 1. The molecule has 18 heavy (non-hydrogen) atoms. The average molecular weight is 249 g/mol. The second-order valence-electron chi connectivity index (χ2n) is 5.13. The van der Waals surface area contributed by atoms with Crippen molar-refractivity contribution in [2.75, 3.05) is 19.6 Å². The van der Waals surface area contributed by atoms with Gasteiger partial charge in [-0.25, -0.2) is 4.68 Å². The molecule has 0 aromatic carbocycles. The van der Waals surface area contributed by atoms with Gasteiger partial charge in [-0.1, -0.05) is 12.1 Å². The molecule has 1 aliphatic heterocycles. The number of rotatable bonds is 5. The Bertz CT molecular complexity index is 435. The molecule has 2 heterocycles. The highest BCUT2D eigenvalue weighted by molar-refractivity contribution is 5.92. The molecule has 2 aliphatic rings. The maximum Gasteiger partial charge on any atom is 0.276 e. The van der Waals surface area contributed by atoms with Gasteiger partial charge in [-0.3, -0.25) is 4.79 Å². The second-order valence-corrected chi connectivity index (χ2v) is 5.13. The first-order valence-corrected chi connectivity index (χ1v) is 6.73. The van der Waals surface area contributed by atoms with Crippen LogP contribution in [0.5, 0.6) is 0 Å². The highest BCUT2D eigenvalue weighted by Crippen LogP contribution is 2.28. The van der Waals surface area contributed by atoms with Crippen molar-refractivity contribution in [3.05, 3.63) is 11.9 Å². The van der Waals surface area contributed by atoms with Gasteiger partial charge >= 0.3 is 0 Å². The Labute approximate surface area is 106 Å². The molecule has 0 radical (unpaired) electrons. The molecule has 2 fully saturated rings. The van der Waals surface area contributed by atoms with E-state index in [9.17, 15) is 4.79 Å². The summed E-state index contributed by atoms with van der Waals surface area (Å²) in [7, 11) is 0. The SMILES string of the molecule is CCCN(C(=O)c1cn(C2CNC2)nn1)C1CC1. The molecule has 1 aliphatic carbocycles. The molecule has 1 aromatic rings. The largest absolute Gasteiger partial charge is 0.334 e. The zero-order valence-corrected chi connectivity index (χ0v) is 10.7. The van der Waals surface area contributed by atoms with Gasteiger partial charge in [-0.2, -0.15) is 0 Å². The first kappa shape index (κ1) is 11.6. The van der Waals surface area contributed by atoms with Crippen molar-refractivity contribution in [1.82, 2.24) is 25.2 Å². The summed E-state index contributed by atoms with van der Waals surface area (Å²) in [5, 5.41) is 11.3. The van der Waals surface area contributed by atoms with Crippen LogP contribution in [0, 0.1) is 0 Å². The Morgan fingerprint density at radius 3 is 2.89 bits per heavy atom. The minimum absolute atomic E-state index is 0.0397. The van der Waals surface area contributed by atoms with Crippen LogP contribution in [0.1, 0.15) is 42.7 Å². The van der Waals surface area contributed by atoms with E-state index in [2.05, 4.69) is 22.6 Å². The van der Waals surface area contributed by atoms with E-state index in [0.29, 0.717) is 17.8 Å². The van der Waals surface area contributed by atoms with E-state index in [1.54, 1.807) is 10.9 Å². The van der Waals surface area contributed by atoms with Gasteiger partial charge in [0.25, 0.3) is 5.91 Å². The molecular weight excluding hydrogens is 230 g/mol. The highest BCUT2D eigenvalue weighted by atomic mass is 16.2. The van der Waals surface area contributed by atoms with E-state index in [-0.39, 0.29) is 5.91 Å². The van der Waals surface area contributed by atoms with Crippen LogP contribution in [0.4, 0.5) is 0 Å². The van der Waals surface area contributed by atoms with Gasteiger partial charge < -0.3 is 10.2 Å². The van der Waals surface area contributed by atoms with E-state index < -0.39 is 0 Å². The Hall–Kier alpha value is -1.43. The number of aromatic nitrogens is 3. The minimum atomic E-state index is 0.0397. The van der Waals surface area contributed by atoms with Gasteiger partial charge in [0.1, 0.15) is 0 Å². The van der Waals surface area contributed by atoms with Crippen LogP contribution in [-0.4, -0.2) is 51.5 Å². The maximum absolute atomic E-state index is 12.4. The fraction of sp³-hybridized carbons (Fsp3) is 0.750. The maximum atomic E-state index is 12.4. The summed E-state index contributed by atoms with van der Waals surface area (Å²) in [5.74, 6) is 0.0397. The predicted octanol–water partition coefficient (Wildman–Crippen LogP) is 0.437. The lowest BCUT2D eigenvalue weighted by atomic mass is 10.2. The summed E-state index contributed by atoms with van der Waals surface area (Å²) < 4.78 is 1.81. The minimum Gasteiger partial charge on any atom is -0.334 e. The number of nitrogens with zero attached hydrogens (tertiary/aromatic N) is 4. The van der Waals surface area contributed by atoms with Crippen molar-refractivity contribution >= 4 is 5.91 Å². The van der Waals surface area contributed by atoms with Crippen molar-refractivity contribution in [3.8, 4) is 0 Å². The molecule has 6 nitrogen and oxygen atoms in total. The number of nitrogens with one attached hydrogen (secondary N) is 1. The lowest BCUT2D eigenvalue weighted by molar-refractivity contribution is 0.0737. The summed E-state index contributed by atoms with van der Waals surface area (Å²) in [4.78, 5) is 14.3. The normalized spacial score (nSPS) is 19.6. The van der Waals surface area contributed by atoms with Crippen molar-refractivity contribution in [1.29, 1.82) is 0 Å². The Morgan fingerprint density at radius 2 is 2.33 bits per heavy atom. The topological polar surface area (TPSA) is 63.1 Å². The molecule has 0 atom stereocenters. The highest BCUT2D eigenvalue weighted by Gasteiger charge is 2.33. The molecular formula is C12H19N5O. The third-order valence-corrected chi connectivity index (χ3v) is 3.58. The number of carbonyl (C=O) groups excluding carboxylic acids is 1. The number of amides is 1. The molecule has 0 spiro atoms. The Kier molecular flexibility index (Phi) is 3.03. The van der Waals surface area contributed by atoms with E-state index >= 15 is 0 Å². The van der Waals surface area contributed by atoms with E-state index in [4.69, 9.17) is 0 Å². The summed E-state index contributed by atoms with van der Waals surface area (Å²) in [6, 6.07) is 0.799. The van der Waals surface area contributed by atoms with Crippen molar-refractivity contribution in [2.24, 2.45) is 0 Å². The molecule has 0 bridgehead atoms. The van der Waals surface area contributed by atoms with Crippen LogP contribution in [0.2, 0.25) is 0 Å². The van der Waals surface area contributed by atoms with Gasteiger partial charge in [0, 0.05) is 25.7 Å². The zero-order valence-electron chi connectivity index (χ0n) is 10.7. The van der Waals surface area contributed by atoms with Crippen LogP contribution in [0.25, 0.3) is 0 Å². The van der Waals surface area contributed by atoms with Crippen LogP contribution in [0.15, 0.2) is 6.20 Å². The van der Waals surface area contributed by atoms with Gasteiger partial charge in [-0.15, -0.1) is 5.10 Å². The van der Waals surface area contributed by atoms with Crippen LogP contribution in [-0.2, 0) is 0 Å². The molecule has 98 valence electrons. The molecule has 1 N–H and O–H groups in total. The second kappa shape index (κ2) is 4.68. The quantitative estimate of drug-likeness (QED) is 0.822. The monoisotopic (exact) mass is 249 g/mol. The molecule has 1 amide bonds. The summed E-state index contributed by atoms with van der Waals surface area (Å²) in [6.07, 6.45) is 5.04. The molecule has 1 saturated carbocycles. The standard InChI is InChI=1S/C12H19N5O/c1-2-5-16(9-3-4-9)12(18)11-8-17(15-14-11)10-6-13-7-10/h8-10,13H,2-7H2,1H3. The van der Waals surface area contributed by atoms with Crippen molar-refractivity contribution in [2.45, 2.75) is 38.3 Å². The summed E-state index contributed by atoms with van der Waals surface area (Å²) >= 11 is 0. The molecule has 6 heteroatoms. The van der Waals surface area contributed by atoms with E-state index in [1.807, 2.05) is 4.90 Å². The van der Waals surface area contributed by atoms with Crippen molar-refractivity contribution in [3.63, 3.8) is 0 Å². The third-order valence-electron chi connectivity index (χ3n) is 3.58. The number of hydrogen-bond acceptors (Lipinski definition) is 4. The van der Waals surface area contributed by atoms with Crippen LogP contribution < -0.4 is 5.32 Å². The van der Waals surface area contributed by atoms with Gasteiger partial charge in [0.15, 0.2) is 5.69 Å². The molecule has 0 unspecified atom stereocenters. The fourth-order valence-corrected chi connectivity index (χ4v) is 2.24. The van der Waals surface area contributed by atoms with Crippen LogP contribution >= 0.6 is 0 Å². The van der Waals surface area contributed by atoms with E-state index in [0.717, 1.165) is 38.9 Å². The smallest absolute Gasteiger partial charge is 0.276 e. The average Bonchev–Trinajstić information content (AvgIpc) is 3.03. The molecule has 1 saturated heterocycles. The summed E-state index contributed by atoms with van der Waals surface area (Å²) in [5.41, 5.74) is 0.488. The van der Waals surface area contributed by atoms with Crippen molar-refractivity contribution < 1.29 is 4.79 Å². The zero-order chi connectivity index (χ0) is 12.5. The Balaban J connectivity index is 1.71. The van der Waals surface area contributed by atoms with Crippen LogP contribution in [0.3, 0.4) is 0 Å². The first-order chi connectivity index (χ1) is 8.79. The predicted molar refractivity (Wildman–Crippen MR) is 66.3 cm³/mol. The fourth-order valence-electron chi connectivity index (χ4n) is 2.24. The lowest BCUT2D eigenvalue weighted by Gasteiger charge is -2.26. The van der Waals surface area contributed by atoms with Gasteiger partial charge in [0.2, 0.25) is 0 Å². The summed E-state index contributed by atoms with van der Waals surface area (Å²) in [6.45, 7) is 4.75.